The summed E-state index contributed by atoms with van der Waals surface area (Å²) in [5.74, 6) is 0. The Hall–Kier alpha value is -0.300. The molecule has 0 radical (unpaired) electrons. The average molecular weight is 343 g/mol. The minimum atomic E-state index is -4.11. The van der Waals surface area contributed by atoms with Crippen LogP contribution in [0.4, 0.5) is 13.2 Å². The van der Waals surface area contributed by atoms with Gasteiger partial charge in [0.2, 0.25) is 0 Å². The van der Waals surface area contributed by atoms with Gasteiger partial charge >= 0.3 is 6.18 Å². The molecule has 0 saturated carbocycles. The Labute approximate surface area is 107 Å². The largest absolute Gasteiger partial charge is 0.390 e. The summed E-state index contributed by atoms with van der Waals surface area (Å²) in [6.07, 6.45) is -4.51. The van der Waals surface area contributed by atoms with Gasteiger partial charge in [-0.05, 0) is 53.8 Å². The molecule has 0 saturated heterocycles. The number of rotatable bonds is 4. The van der Waals surface area contributed by atoms with Crippen molar-refractivity contribution in [2.45, 2.75) is 25.1 Å². The molecule has 0 spiro atoms. The lowest BCUT2D eigenvalue weighted by Crippen LogP contribution is -2.32. The molecular formula is C11H13F3IN. The minimum Gasteiger partial charge on any atom is -0.316 e. The van der Waals surface area contributed by atoms with Crippen molar-refractivity contribution >= 4 is 22.6 Å². The highest BCUT2D eigenvalue weighted by Crippen LogP contribution is 2.23. The Bertz CT molecular complexity index is 321. The number of halogens is 4. The molecule has 0 fully saturated rings. The van der Waals surface area contributed by atoms with Gasteiger partial charge in [-0.3, -0.25) is 0 Å². The van der Waals surface area contributed by atoms with Crippen LogP contribution in [0, 0.1) is 3.57 Å². The quantitative estimate of drug-likeness (QED) is 0.827. The van der Waals surface area contributed by atoms with Gasteiger partial charge in [-0.15, -0.1) is 0 Å². The van der Waals surface area contributed by atoms with E-state index in [9.17, 15) is 13.2 Å². The van der Waals surface area contributed by atoms with Gasteiger partial charge in [-0.2, -0.15) is 13.2 Å². The molecule has 1 nitrogen and oxygen atoms in total. The highest BCUT2D eigenvalue weighted by molar-refractivity contribution is 14.1. The topological polar surface area (TPSA) is 12.0 Å². The number of hydrogen-bond donors (Lipinski definition) is 1. The summed E-state index contributed by atoms with van der Waals surface area (Å²) in [6, 6.07) is 6.97. The van der Waals surface area contributed by atoms with Crippen LogP contribution in [-0.4, -0.2) is 19.3 Å². The molecule has 0 aliphatic carbocycles. The molecule has 5 heteroatoms. The molecular weight excluding hydrogens is 330 g/mol. The average Bonchev–Trinajstić information content (AvgIpc) is 2.18. The van der Waals surface area contributed by atoms with E-state index in [4.69, 9.17) is 0 Å². The number of alkyl halides is 3. The Morgan fingerprint density at radius 2 is 1.81 bits per heavy atom. The van der Waals surface area contributed by atoms with E-state index in [1.165, 1.54) is 0 Å². The Morgan fingerprint density at radius 1 is 1.25 bits per heavy atom. The first-order chi connectivity index (χ1) is 7.40. The van der Waals surface area contributed by atoms with E-state index in [-0.39, 0.29) is 0 Å². The molecule has 1 atom stereocenters. The third kappa shape index (κ3) is 5.16. The van der Waals surface area contributed by atoms with E-state index < -0.39 is 18.6 Å². The molecule has 0 heterocycles. The standard InChI is InChI=1S/C11H13F3IN/c1-16-10(7-11(12,13)14)6-8-2-4-9(15)5-3-8/h2-5,10,16H,6-7H2,1H3. The van der Waals surface area contributed by atoms with E-state index >= 15 is 0 Å². The third-order valence-electron chi connectivity index (χ3n) is 2.28. The second-order valence-electron chi connectivity index (χ2n) is 3.64. The lowest BCUT2D eigenvalue weighted by molar-refractivity contribution is -0.139. The second kappa shape index (κ2) is 5.86. The van der Waals surface area contributed by atoms with E-state index in [0.29, 0.717) is 6.42 Å². The van der Waals surface area contributed by atoms with E-state index in [0.717, 1.165) is 9.13 Å². The predicted molar refractivity (Wildman–Crippen MR) is 66.4 cm³/mol. The molecule has 1 aromatic rings. The van der Waals surface area contributed by atoms with Gasteiger partial charge in [0.1, 0.15) is 0 Å². The molecule has 0 amide bonds. The molecule has 1 aromatic carbocycles. The van der Waals surface area contributed by atoms with Crippen molar-refractivity contribution in [3.63, 3.8) is 0 Å². The van der Waals surface area contributed by atoms with Crippen molar-refractivity contribution in [2.75, 3.05) is 7.05 Å². The molecule has 1 rings (SSSR count). The number of likely N-dealkylation sites (N-methyl/N-ethyl adjacent to an activating group) is 1. The molecule has 16 heavy (non-hydrogen) atoms. The van der Waals surface area contributed by atoms with Gasteiger partial charge in [-0.25, -0.2) is 0 Å². The zero-order valence-corrected chi connectivity index (χ0v) is 11.0. The fourth-order valence-corrected chi connectivity index (χ4v) is 1.82. The zero-order chi connectivity index (χ0) is 12.2. The van der Waals surface area contributed by atoms with Crippen molar-refractivity contribution in [3.8, 4) is 0 Å². The predicted octanol–water partition coefficient (Wildman–Crippen LogP) is 3.37. The van der Waals surface area contributed by atoms with Crippen LogP contribution in [0.5, 0.6) is 0 Å². The first kappa shape index (κ1) is 13.8. The summed E-state index contributed by atoms with van der Waals surface area (Å²) in [7, 11) is 1.56. The fourth-order valence-electron chi connectivity index (χ4n) is 1.46. The smallest absolute Gasteiger partial charge is 0.316 e. The second-order valence-corrected chi connectivity index (χ2v) is 4.88. The highest BCUT2D eigenvalue weighted by atomic mass is 127. The maximum Gasteiger partial charge on any atom is 0.390 e. The molecule has 0 aromatic heterocycles. The van der Waals surface area contributed by atoms with Gasteiger partial charge < -0.3 is 5.32 Å². The molecule has 0 aliphatic rings. The highest BCUT2D eigenvalue weighted by Gasteiger charge is 2.31. The molecule has 90 valence electrons. The molecule has 0 bridgehead atoms. The van der Waals surface area contributed by atoms with Crippen LogP contribution in [0.3, 0.4) is 0 Å². The molecule has 0 aliphatic heterocycles. The maximum atomic E-state index is 12.2. The summed E-state index contributed by atoms with van der Waals surface area (Å²) < 4.78 is 37.7. The summed E-state index contributed by atoms with van der Waals surface area (Å²) in [5, 5.41) is 2.70. The molecule has 1 N–H and O–H groups in total. The fraction of sp³-hybridized carbons (Fsp3) is 0.455. The minimum absolute atomic E-state index is 0.396. The maximum absolute atomic E-state index is 12.2. The van der Waals surface area contributed by atoms with Crippen LogP contribution >= 0.6 is 22.6 Å². The van der Waals surface area contributed by atoms with Crippen molar-refractivity contribution in [2.24, 2.45) is 0 Å². The number of hydrogen-bond acceptors (Lipinski definition) is 1. The van der Waals surface area contributed by atoms with Crippen LogP contribution < -0.4 is 5.32 Å². The van der Waals surface area contributed by atoms with Crippen molar-refractivity contribution in [3.05, 3.63) is 33.4 Å². The number of nitrogens with one attached hydrogen (secondary N) is 1. The Morgan fingerprint density at radius 3 is 2.25 bits per heavy atom. The van der Waals surface area contributed by atoms with Crippen LogP contribution in [0.2, 0.25) is 0 Å². The van der Waals surface area contributed by atoms with Crippen LogP contribution in [0.1, 0.15) is 12.0 Å². The SMILES string of the molecule is CNC(Cc1ccc(I)cc1)CC(F)(F)F. The summed E-state index contributed by atoms with van der Waals surface area (Å²) in [4.78, 5) is 0. The van der Waals surface area contributed by atoms with Gasteiger partial charge in [0.05, 0.1) is 6.42 Å². The number of benzene rings is 1. The van der Waals surface area contributed by atoms with Gasteiger partial charge in [0, 0.05) is 9.61 Å². The first-order valence-corrected chi connectivity index (χ1v) is 5.97. The van der Waals surface area contributed by atoms with Crippen LogP contribution in [-0.2, 0) is 6.42 Å². The lowest BCUT2D eigenvalue weighted by Gasteiger charge is -2.18. The summed E-state index contributed by atoms with van der Waals surface area (Å²) in [5.41, 5.74) is 0.920. The lowest BCUT2D eigenvalue weighted by atomic mass is 10.0. The third-order valence-corrected chi connectivity index (χ3v) is 3.00. The first-order valence-electron chi connectivity index (χ1n) is 4.89. The zero-order valence-electron chi connectivity index (χ0n) is 8.81. The van der Waals surface area contributed by atoms with Crippen molar-refractivity contribution < 1.29 is 13.2 Å². The molecule has 1 unspecified atom stereocenters. The summed E-state index contributed by atoms with van der Waals surface area (Å²) >= 11 is 2.17. The van der Waals surface area contributed by atoms with E-state index in [2.05, 4.69) is 27.9 Å². The van der Waals surface area contributed by atoms with Crippen LogP contribution in [0.25, 0.3) is 0 Å². The normalized spacial score (nSPS) is 13.8. The van der Waals surface area contributed by atoms with E-state index in [1.54, 1.807) is 7.05 Å². The van der Waals surface area contributed by atoms with Gasteiger partial charge in [0.25, 0.3) is 0 Å². The van der Waals surface area contributed by atoms with Crippen LogP contribution in [0.15, 0.2) is 24.3 Å². The van der Waals surface area contributed by atoms with Gasteiger partial charge in [0.15, 0.2) is 0 Å². The van der Waals surface area contributed by atoms with Crippen molar-refractivity contribution in [1.82, 2.24) is 5.32 Å². The Balaban J connectivity index is 2.60. The van der Waals surface area contributed by atoms with Gasteiger partial charge in [-0.1, -0.05) is 12.1 Å². The van der Waals surface area contributed by atoms with Crippen molar-refractivity contribution in [1.29, 1.82) is 0 Å². The monoisotopic (exact) mass is 343 g/mol. The van der Waals surface area contributed by atoms with E-state index in [1.807, 2.05) is 24.3 Å². The Kier molecular flexibility index (Phi) is 5.04. The summed E-state index contributed by atoms with van der Waals surface area (Å²) in [6.45, 7) is 0.